The fraction of sp³-hybridized carbons (Fsp3) is 0.600. The van der Waals surface area contributed by atoms with Gasteiger partial charge in [-0.25, -0.2) is 0 Å². The van der Waals surface area contributed by atoms with Crippen molar-refractivity contribution in [2.45, 2.75) is 39.2 Å². The van der Waals surface area contributed by atoms with Crippen LogP contribution < -0.4 is 10.6 Å². The summed E-state index contributed by atoms with van der Waals surface area (Å²) in [5.74, 6) is 0.649. The molecule has 100 valence electrons. The molecule has 1 atom stereocenters. The number of halogens is 1. The highest BCUT2D eigenvalue weighted by molar-refractivity contribution is 6.31. The number of hydrogen-bond donors (Lipinski definition) is 1. The lowest BCUT2D eigenvalue weighted by Gasteiger charge is -2.47. The number of nitrogens with two attached hydrogens (primary N) is 1. The van der Waals surface area contributed by atoms with Crippen LogP contribution in [0, 0.1) is 12.8 Å². The molecule has 1 aromatic rings. The lowest BCUT2D eigenvalue weighted by molar-refractivity contribution is 0.278. The molecule has 1 aliphatic rings. The molecule has 0 radical (unpaired) electrons. The second kappa shape index (κ2) is 5.10. The first kappa shape index (κ1) is 13.7. The summed E-state index contributed by atoms with van der Waals surface area (Å²) in [4.78, 5) is 2.49. The van der Waals surface area contributed by atoms with Crippen molar-refractivity contribution in [1.29, 1.82) is 0 Å². The van der Waals surface area contributed by atoms with Crippen LogP contribution in [-0.2, 0) is 0 Å². The Bertz CT molecular complexity index is 429. The predicted molar refractivity (Wildman–Crippen MR) is 79.4 cm³/mol. The molecule has 1 unspecified atom stereocenters. The second-order valence-electron chi connectivity index (χ2n) is 5.94. The Hall–Kier alpha value is -0.730. The van der Waals surface area contributed by atoms with Crippen LogP contribution in [0.5, 0.6) is 0 Å². The minimum atomic E-state index is 0.151. The minimum absolute atomic E-state index is 0.151. The van der Waals surface area contributed by atoms with Gasteiger partial charge in [-0.3, -0.25) is 0 Å². The average Bonchev–Trinajstić information content (AvgIpc) is 2.32. The minimum Gasteiger partial charge on any atom is -0.366 e. The van der Waals surface area contributed by atoms with Crippen molar-refractivity contribution in [3.8, 4) is 0 Å². The second-order valence-corrected chi connectivity index (χ2v) is 6.35. The van der Waals surface area contributed by atoms with Gasteiger partial charge < -0.3 is 10.6 Å². The van der Waals surface area contributed by atoms with Gasteiger partial charge in [0.2, 0.25) is 0 Å². The first-order valence-electron chi connectivity index (χ1n) is 6.68. The average molecular weight is 267 g/mol. The van der Waals surface area contributed by atoms with E-state index in [4.69, 9.17) is 17.3 Å². The highest BCUT2D eigenvalue weighted by atomic mass is 35.5. The van der Waals surface area contributed by atoms with Gasteiger partial charge in [0.05, 0.1) is 0 Å². The molecule has 1 saturated heterocycles. The van der Waals surface area contributed by atoms with E-state index in [0.717, 1.165) is 24.5 Å². The molecular weight excluding hydrogens is 244 g/mol. The lowest BCUT2D eigenvalue weighted by atomic mass is 9.82. The summed E-state index contributed by atoms with van der Waals surface area (Å²) in [5.41, 5.74) is 8.42. The smallest absolute Gasteiger partial charge is 0.0455 e. The Balaban J connectivity index is 2.31. The fourth-order valence-corrected chi connectivity index (χ4v) is 3.24. The summed E-state index contributed by atoms with van der Waals surface area (Å²) < 4.78 is 0. The van der Waals surface area contributed by atoms with E-state index < -0.39 is 0 Å². The normalized spacial score (nSPS) is 23.2. The van der Waals surface area contributed by atoms with E-state index in [0.29, 0.717) is 5.92 Å². The molecule has 0 bridgehead atoms. The van der Waals surface area contributed by atoms with Gasteiger partial charge in [-0.15, -0.1) is 0 Å². The van der Waals surface area contributed by atoms with E-state index in [-0.39, 0.29) is 5.54 Å². The number of anilines is 1. The molecule has 1 heterocycles. The SMILES string of the molecule is Cc1c(Cl)cccc1N1CCC(CN)CC1(C)C. The molecule has 2 N–H and O–H groups in total. The van der Waals surface area contributed by atoms with Crippen LogP contribution in [0.3, 0.4) is 0 Å². The first-order chi connectivity index (χ1) is 8.45. The van der Waals surface area contributed by atoms with Gasteiger partial charge in [-0.1, -0.05) is 17.7 Å². The van der Waals surface area contributed by atoms with Crippen molar-refractivity contribution >= 4 is 17.3 Å². The topological polar surface area (TPSA) is 29.3 Å². The number of piperidine rings is 1. The zero-order chi connectivity index (χ0) is 13.3. The van der Waals surface area contributed by atoms with Crippen molar-refractivity contribution in [3.63, 3.8) is 0 Å². The van der Waals surface area contributed by atoms with Crippen molar-refractivity contribution in [2.24, 2.45) is 11.7 Å². The Kier molecular flexibility index (Phi) is 3.88. The number of rotatable bonds is 2. The van der Waals surface area contributed by atoms with Gasteiger partial charge in [0.25, 0.3) is 0 Å². The largest absolute Gasteiger partial charge is 0.366 e. The molecule has 1 aromatic carbocycles. The third-order valence-electron chi connectivity index (χ3n) is 4.14. The lowest BCUT2D eigenvalue weighted by Crippen LogP contribution is -2.51. The molecular formula is C15H23ClN2. The summed E-state index contributed by atoms with van der Waals surface area (Å²) in [7, 11) is 0. The molecule has 1 aliphatic heterocycles. The van der Waals surface area contributed by atoms with E-state index >= 15 is 0 Å². The summed E-state index contributed by atoms with van der Waals surface area (Å²) in [5, 5.41) is 0.851. The fourth-order valence-electron chi connectivity index (χ4n) is 3.07. The van der Waals surface area contributed by atoms with Gasteiger partial charge in [0, 0.05) is 22.8 Å². The monoisotopic (exact) mass is 266 g/mol. The maximum Gasteiger partial charge on any atom is 0.0455 e. The van der Waals surface area contributed by atoms with E-state index in [1.54, 1.807) is 0 Å². The molecule has 1 fully saturated rings. The zero-order valence-electron chi connectivity index (χ0n) is 11.5. The van der Waals surface area contributed by atoms with Gasteiger partial charge in [-0.05, 0) is 63.8 Å². The molecule has 2 nitrogen and oxygen atoms in total. The van der Waals surface area contributed by atoms with E-state index in [9.17, 15) is 0 Å². The molecule has 0 aromatic heterocycles. The van der Waals surface area contributed by atoms with Gasteiger partial charge >= 0.3 is 0 Å². The van der Waals surface area contributed by atoms with Crippen LogP contribution in [0.1, 0.15) is 32.3 Å². The maximum atomic E-state index is 6.24. The molecule has 3 heteroatoms. The van der Waals surface area contributed by atoms with Gasteiger partial charge in [-0.2, -0.15) is 0 Å². The van der Waals surface area contributed by atoms with Crippen LogP contribution in [0.2, 0.25) is 5.02 Å². The van der Waals surface area contributed by atoms with Crippen LogP contribution in [0.4, 0.5) is 5.69 Å². The van der Waals surface area contributed by atoms with Crippen LogP contribution in [-0.4, -0.2) is 18.6 Å². The quantitative estimate of drug-likeness (QED) is 0.886. The molecule has 0 aliphatic carbocycles. The van der Waals surface area contributed by atoms with E-state index in [1.165, 1.54) is 17.7 Å². The standard InChI is InChI=1S/C15H23ClN2/c1-11-13(16)5-4-6-14(11)18-8-7-12(10-17)9-15(18,2)3/h4-6,12H,7-10,17H2,1-3H3. The van der Waals surface area contributed by atoms with Gasteiger partial charge in [0.1, 0.15) is 0 Å². The first-order valence-corrected chi connectivity index (χ1v) is 7.06. The third-order valence-corrected chi connectivity index (χ3v) is 4.55. The van der Waals surface area contributed by atoms with E-state index in [2.05, 4.69) is 31.7 Å². The number of nitrogens with zero attached hydrogens (tertiary/aromatic N) is 1. The molecule has 18 heavy (non-hydrogen) atoms. The van der Waals surface area contributed by atoms with Crippen LogP contribution >= 0.6 is 11.6 Å². The summed E-state index contributed by atoms with van der Waals surface area (Å²) >= 11 is 6.24. The maximum absolute atomic E-state index is 6.24. The summed E-state index contributed by atoms with van der Waals surface area (Å²) in [6.45, 7) is 8.56. The van der Waals surface area contributed by atoms with Gasteiger partial charge in [0.15, 0.2) is 0 Å². The number of benzene rings is 1. The Labute approximate surface area is 115 Å². The van der Waals surface area contributed by atoms with Crippen molar-refractivity contribution in [2.75, 3.05) is 18.0 Å². The van der Waals surface area contributed by atoms with Crippen molar-refractivity contribution in [1.82, 2.24) is 0 Å². The molecule has 0 amide bonds. The summed E-state index contributed by atoms with van der Waals surface area (Å²) in [6.07, 6.45) is 2.32. The zero-order valence-corrected chi connectivity index (χ0v) is 12.3. The molecule has 0 saturated carbocycles. The number of hydrogen-bond acceptors (Lipinski definition) is 2. The highest BCUT2D eigenvalue weighted by Crippen LogP contribution is 2.38. The molecule has 2 rings (SSSR count). The Morgan fingerprint density at radius 2 is 2.17 bits per heavy atom. The highest BCUT2D eigenvalue weighted by Gasteiger charge is 2.34. The van der Waals surface area contributed by atoms with Crippen LogP contribution in [0.15, 0.2) is 18.2 Å². The van der Waals surface area contributed by atoms with Crippen molar-refractivity contribution < 1.29 is 0 Å². The Morgan fingerprint density at radius 1 is 1.44 bits per heavy atom. The van der Waals surface area contributed by atoms with Crippen LogP contribution in [0.25, 0.3) is 0 Å². The summed E-state index contributed by atoms with van der Waals surface area (Å²) in [6, 6.07) is 6.17. The van der Waals surface area contributed by atoms with E-state index in [1.807, 2.05) is 12.1 Å². The Morgan fingerprint density at radius 3 is 2.78 bits per heavy atom. The van der Waals surface area contributed by atoms with Crippen molar-refractivity contribution in [3.05, 3.63) is 28.8 Å². The molecule has 0 spiro atoms. The third kappa shape index (κ3) is 2.50. The predicted octanol–water partition coefficient (Wildman–Crippen LogP) is 3.60.